The van der Waals surface area contributed by atoms with Crippen LogP contribution in [0.15, 0.2) is 0 Å². The number of nitrogens with one attached hydrogen (secondary N) is 2. The van der Waals surface area contributed by atoms with Crippen LogP contribution in [-0.4, -0.2) is 19.0 Å². The van der Waals surface area contributed by atoms with E-state index in [9.17, 15) is 4.79 Å². The Morgan fingerprint density at radius 3 is 3.00 bits per heavy atom. The van der Waals surface area contributed by atoms with Crippen LogP contribution in [0.3, 0.4) is 0 Å². The highest BCUT2D eigenvalue weighted by Crippen LogP contribution is 2.39. The molecular formula is C14H25N2O. The summed E-state index contributed by atoms with van der Waals surface area (Å²) in [6.45, 7) is 3.95. The van der Waals surface area contributed by atoms with Crippen LogP contribution < -0.4 is 10.6 Å². The van der Waals surface area contributed by atoms with Gasteiger partial charge in [-0.15, -0.1) is 0 Å². The van der Waals surface area contributed by atoms with Crippen LogP contribution in [-0.2, 0) is 4.79 Å². The summed E-state index contributed by atoms with van der Waals surface area (Å²) in [5.74, 6) is 1.44. The molecule has 0 bridgehead atoms. The molecule has 0 spiro atoms. The SMILES string of the molecule is CCCCNC(=O)[C]1NCCC2CCCCC12. The second-order valence-corrected chi connectivity index (χ2v) is 5.39. The largest absolute Gasteiger partial charge is 0.354 e. The first-order chi connectivity index (χ1) is 8.33. The molecule has 97 valence electrons. The minimum atomic E-state index is 0.162. The minimum Gasteiger partial charge on any atom is -0.354 e. The van der Waals surface area contributed by atoms with Crippen LogP contribution in [0.2, 0.25) is 0 Å². The molecule has 2 fully saturated rings. The first kappa shape index (κ1) is 12.9. The van der Waals surface area contributed by atoms with Crippen molar-refractivity contribution >= 4 is 5.91 Å². The Kier molecular flexibility index (Phi) is 4.84. The second kappa shape index (κ2) is 6.39. The van der Waals surface area contributed by atoms with Crippen LogP contribution >= 0.6 is 0 Å². The van der Waals surface area contributed by atoms with Gasteiger partial charge in [-0.3, -0.25) is 4.79 Å². The van der Waals surface area contributed by atoms with Gasteiger partial charge in [0.25, 0.3) is 0 Å². The van der Waals surface area contributed by atoms with Crippen LogP contribution in [0.4, 0.5) is 0 Å². The third kappa shape index (κ3) is 3.21. The van der Waals surface area contributed by atoms with Crippen molar-refractivity contribution in [2.75, 3.05) is 13.1 Å². The Morgan fingerprint density at radius 1 is 1.35 bits per heavy atom. The molecule has 2 unspecified atom stereocenters. The number of rotatable bonds is 4. The lowest BCUT2D eigenvalue weighted by Gasteiger charge is -2.40. The topological polar surface area (TPSA) is 41.1 Å². The summed E-state index contributed by atoms with van der Waals surface area (Å²) in [5, 5.41) is 6.40. The van der Waals surface area contributed by atoms with Crippen molar-refractivity contribution in [2.24, 2.45) is 11.8 Å². The normalized spacial score (nSPS) is 29.7. The van der Waals surface area contributed by atoms with E-state index in [4.69, 9.17) is 0 Å². The van der Waals surface area contributed by atoms with Gasteiger partial charge in [-0.25, -0.2) is 0 Å². The zero-order chi connectivity index (χ0) is 12.1. The molecule has 2 aliphatic rings. The number of unbranched alkanes of at least 4 members (excludes halogenated alkanes) is 1. The Balaban J connectivity index is 1.87. The third-order valence-electron chi connectivity index (χ3n) is 4.17. The van der Waals surface area contributed by atoms with Gasteiger partial charge in [0, 0.05) is 6.54 Å². The maximum Gasteiger partial charge on any atom is 0.243 e. The van der Waals surface area contributed by atoms with E-state index < -0.39 is 0 Å². The molecule has 1 aliphatic carbocycles. The van der Waals surface area contributed by atoms with Gasteiger partial charge in [-0.1, -0.05) is 32.6 Å². The van der Waals surface area contributed by atoms with Crippen molar-refractivity contribution in [3.8, 4) is 0 Å². The molecule has 2 N–H and O–H groups in total. The number of carbonyl (C=O) groups excluding carboxylic acids is 1. The fourth-order valence-electron chi connectivity index (χ4n) is 3.18. The van der Waals surface area contributed by atoms with Gasteiger partial charge in [0.15, 0.2) is 0 Å². The van der Waals surface area contributed by atoms with Gasteiger partial charge in [0.05, 0.1) is 0 Å². The molecule has 1 radical (unpaired) electrons. The van der Waals surface area contributed by atoms with Crippen LogP contribution in [0, 0.1) is 17.9 Å². The molecule has 0 aromatic rings. The first-order valence-electron chi connectivity index (χ1n) is 7.22. The third-order valence-corrected chi connectivity index (χ3v) is 4.17. The fraction of sp³-hybridized carbons (Fsp3) is 0.857. The van der Waals surface area contributed by atoms with Crippen molar-refractivity contribution in [2.45, 2.75) is 51.9 Å². The molecule has 3 nitrogen and oxygen atoms in total. The maximum absolute atomic E-state index is 12.1. The summed E-state index contributed by atoms with van der Waals surface area (Å²) in [5.41, 5.74) is 0. The van der Waals surface area contributed by atoms with E-state index in [1.54, 1.807) is 0 Å². The second-order valence-electron chi connectivity index (χ2n) is 5.39. The number of fused-ring (bicyclic) bond motifs is 1. The van der Waals surface area contributed by atoms with Crippen LogP contribution in [0.1, 0.15) is 51.9 Å². The first-order valence-corrected chi connectivity index (χ1v) is 7.22. The van der Waals surface area contributed by atoms with Gasteiger partial charge in [0.2, 0.25) is 5.91 Å². The van der Waals surface area contributed by atoms with E-state index >= 15 is 0 Å². The van der Waals surface area contributed by atoms with Crippen LogP contribution in [0.25, 0.3) is 0 Å². The quantitative estimate of drug-likeness (QED) is 0.736. The zero-order valence-electron chi connectivity index (χ0n) is 10.9. The van der Waals surface area contributed by atoms with Crippen molar-refractivity contribution in [1.82, 2.24) is 10.6 Å². The van der Waals surface area contributed by atoms with Gasteiger partial charge in [0.1, 0.15) is 6.04 Å². The lowest BCUT2D eigenvalue weighted by atomic mass is 9.71. The molecule has 0 aromatic carbocycles. The molecule has 0 aromatic heterocycles. The summed E-state index contributed by atoms with van der Waals surface area (Å²) in [7, 11) is 0. The van der Waals surface area contributed by atoms with Crippen molar-refractivity contribution in [3.05, 3.63) is 6.04 Å². The van der Waals surface area contributed by atoms with Gasteiger partial charge in [-0.05, 0) is 37.6 Å². The van der Waals surface area contributed by atoms with E-state index in [0.717, 1.165) is 37.9 Å². The van der Waals surface area contributed by atoms with E-state index in [-0.39, 0.29) is 5.91 Å². The lowest BCUT2D eigenvalue weighted by Crippen LogP contribution is -2.49. The Bertz CT molecular complexity index is 253. The smallest absolute Gasteiger partial charge is 0.243 e. The molecule has 2 rings (SSSR count). The summed E-state index contributed by atoms with van der Waals surface area (Å²) < 4.78 is 0. The van der Waals surface area contributed by atoms with Gasteiger partial charge in [-0.2, -0.15) is 0 Å². The number of carbonyl (C=O) groups is 1. The fourth-order valence-corrected chi connectivity index (χ4v) is 3.18. The number of hydrogen-bond acceptors (Lipinski definition) is 2. The predicted octanol–water partition coefficient (Wildman–Crippen LogP) is 2.23. The maximum atomic E-state index is 12.1. The average molecular weight is 237 g/mol. The number of amides is 1. The monoisotopic (exact) mass is 237 g/mol. The van der Waals surface area contributed by atoms with Crippen molar-refractivity contribution in [1.29, 1.82) is 0 Å². The highest BCUT2D eigenvalue weighted by molar-refractivity contribution is 5.90. The predicted molar refractivity (Wildman–Crippen MR) is 69.2 cm³/mol. The van der Waals surface area contributed by atoms with E-state index in [1.165, 1.54) is 32.1 Å². The molecule has 1 saturated carbocycles. The lowest BCUT2D eigenvalue weighted by molar-refractivity contribution is -0.121. The zero-order valence-corrected chi connectivity index (χ0v) is 10.9. The standard InChI is InChI=1S/C14H25N2O/c1-2-3-9-16-14(17)13-12-7-5-4-6-11(12)8-10-15-13/h11-12,15H,2-10H2,1H3,(H,16,17). The minimum absolute atomic E-state index is 0.162. The van der Waals surface area contributed by atoms with E-state index in [1.807, 2.05) is 0 Å². The van der Waals surface area contributed by atoms with Crippen molar-refractivity contribution < 1.29 is 4.79 Å². The Hall–Kier alpha value is -0.570. The Morgan fingerprint density at radius 2 is 2.18 bits per heavy atom. The average Bonchev–Trinajstić information content (AvgIpc) is 2.38. The molecule has 1 aliphatic heterocycles. The highest BCUT2D eigenvalue weighted by Gasteiger charge is 2.38. The summed E-state index contributed by atoms with van der Waals surface area (Å²) in [6, 6.07) is 0.983. The molecule has 2 atom stereocenters. The molecule has 17 heavy (non-hydrogen) atoms. The molecule has 1 heterocycles. The Labute approximate surface area is 105 Å². The van der Waals surface area contributed by atoms with Gasteiger partial charge < -0.3 is 10.6 Å². The van der Waals surface area contributed by atoms with E-state index in [0.29, 0.717) is 5.92 Å². The van der Waals surface area contributed by atoms with E-state index in [2.05, 4.69) is 17.6 Å². The van der Waals surface area contributed by atoms with Gasteiger partial charge >= 0.3 is 0 Å². The summed E-state index contributed by atoms with van der Waals surface area (Å²) in [4.78, 5) is 12.1. The molecule has 1 amide bonds. The van der Waals surface area contributed by atoms with Crippen molar-refractivity contribution in [3.63, 3.8) is 0 Å². The number of piperidine rings is 1. The number of hydrogen-bond donors (Lipinski definition) is 2. The molecule has 1 saturated heterocycles. The summed E-state index contributed by atoms with van der Waals surface area (Å²) >= 11 is 0. The summed E-state index contributed by atoms with van der Waals surface area (Å²) in [6.07, 6.45) is 8.62. The molecular weight excluding hydrogens is 212 g/mol. The highest BCUT2D eigenvalue weighted by atomic mass is 16.2. The van der Waals surface area contributed by atoms with Crippen LogP contribution in [0.5, 0.6) is 0 Å². The molecule has 3 heteroatoms.